The van der Waals surface area contributed by atoms with Gasteiger partial charge in [-0.2, -0.15) is 0 Å². The third kappa shape index (κ3) is 3.21. The summed E-state index contributed by atoms with van der Waals surface area (Å²) in [6.45, 7) is 3.83. The second kappa shape index (κ2) is 6.64. The molecule has 25 heavy (non-hydrogen) atoms. The topological polar surface area (TPSA) is 72.8 Å². The van der Waals surface area contributed by atoms with Crippen LogP contribution in [0, 0.1) is 11.8 Å². The van der Waals surface area contributed by atoms with Crippen LogP contribution in [0.2, 0.25) is 0 Å². The normalized spacial score (nSPS) is 31.8. The summed E-state index contributed by atoms with van der Waals surface area (Å²) < 4.78 is 10.7. The number of rotatable bonds is 3. The SMILES string of the molecule is COc1ccc(C(=O)O[C@@H]2C=C(C)CC[C@]3(O)[C@@H](C)CC(=O)[C@@H]23)cc1. The number of hydrogen-bond acceptors (Lipinski definition) is 5. The molecule has 1 aromatic carbocycles. The Morgan fingerprint density at radius 2 is 1.96 bits per heavy atom. The van der Waals surface area contributed by atoms with Gasteiger partial charge in [0.1, 0.15) is 17.6 Å². The second-order valence-corrected chi connectivity index (χ2v) is 7.15. The lowest BCUT2D eigenvalue weighted by atomic mass is 9.79. The van der Waals surface area contributed by atoms with Gasteiger partial charge in [0.15, 0.2) is 0 Å². The smallest absolute Gasteiger partial charge is 0.338 e. The Hall–Kier alpha value is -2.14. The molecule has 0 radical (unpaired) electrons. The monoisotopic (exact) mass is 344 g/mol. The van der Waals surface area contributed by atoms with E-state index in [1.165, 1.54) is 0 Å². The lowest BCUT2D eigenvalue weighted by Gasteiger charge is -2.34. The number of aliphatic hydroxyl groups is 1. The molecule has 0 aliphatic heterocycles. The van der Waals surface area contributed by atoms with Crippen LogP contribution < -0.4 is 4.74 Å². The Balaban J connectivity index is 1.86. The second-order valence-electron chi connectivity index (χ2n) is 7.15. The van der Waals surface area contributed by atoms with Gasteiger partial charge < -0.3 is 14.6 Å². The van der Waals surface area contributed by atoms with E-state index in [0.29, 0.717) is 30.6 Å². The highest BCUT2D eigenvalue weighted by atomic mass is 16.5. The first-order valence-electron chi connectivity index (χ1n) is 8.62. The van der Waals surface area contributed by atoms with Crippen molar-refractivity contribution >= 4 is 11.8 Å². The van der Waals surface area contributed by atoms with Crippen molar-refractivity contribution in [1.29, 1.82) is 0 Å². The zero-order valence-electron chi connectivity index (χ0n) is 14.8. The Bertz CT molecular complexity index is 705. The van der Waals surface area contributed by atoms with E-state index >= 15 is 0 Å². The Morgan fingerprint density at radius 1 is 1.28 bits per heavy atom. The number of Topliss-reactive ketones (excluding diaryl/α,β-unsaturated/α-hetero) is 1. The van der Waals surface area contributed by atoms with E-state index in [4.69, 9.17) is 9.47 Å². The summed E-state index contributed by atoms with van der Waals surface area (Å²) in [5.74, 6) is -0.716. The molecule has 0 saturated heterocycles. The fourth-order valence-electron chi connectivity index (χ4n) is 3.94. The van der Waals surface area contributed by atoms with E-state index in [9.17, 15) is 14.7 Å². The third-order valence-corrected chi connectivity index (χ3v) is 5.51. The van der Waals surface area contributed by atoms with Gasteiger partial charge in [-0.3, -0.25) is 4.79 Å². The third-order valence-electron chi connectivity index (χ3n) is 5.51. The Labute approximate surface area is 147 Å². The molecule has 0 aromatic heterocycles. The van der Waals surface area contributed by atoms with Crippen LogP contribution >= 0.6 is 0 Å². The maximum Gasteiger partial charge on any atom is 0.338 e. The molecule has 0 spiro atoms. The molecular weight excluding hydrogens is 320 g/mol. The molecule has 0 bridgehead atoms. The van der Waals surface area contributed by atoms with E-state index in [1.54, 1.807) is 31.4 Å². The molecule has 0 heterocycles. The lowest BCUT2D eigenvalue weighted by Crippen LogP contribution is -2.46. The fraction of sp³-hybridized carbons (Fsp3) is 0.500. The molecule has 3 rings (SSSR count). The Morgan fingerprint density at radius 3 is 2.60 bits per heavy atom. The molecule has 2 aliphatic rings. The number of carbonyl (C=O) groups excluding carboxylic acids is 2. The van der Waals surface area contributed by atoms with Crippen molar-refractivity contribution in [2.24, 2.45) is 11.8 Å². The first kappa shape index (κ1) is 17.7. The molecule has 1 fully saturated rings. The van der Waals surface area contributed by atoms with E-state index < -0.39 is 23.6 Å². The van der Waals surface area contributed by atoms with Crippen LogP contribution in [0.3, 0.4) is 0 Å². The van der Waals surface area contributed by atoms with Gasteiger partial charge >= 0.3 is 5.97 Å². The van der Waals surface area contributed by atoms with Gasteiger partial charge in [0.25, 0.3) is 0 Å². The van der Waals surface area contributed by atoms with Gasteiger partial charge in [0, 0.05) is 6.42 Å². The minimum Gasteiger partial charge on any atom is -0.497 e. The van der Waals surface area contributed by atoms with Gasteiger partial charge in [-0.15, -0.1) is 0 Å². The quantitative estimate of drug-likeness (QED) is 0.674. The van der Waals surface area contributed by atoms with Crippen LogP contribution in [0.5, 0.6) is 5.75 Å². The van der Waals surface area contributed by atoms with E-state index in [2.05, 4.69) is 0 Å². The van der Waals surface area contributed by atoms with Crippen molar-refractivity contribution in [1.82, 2.24) is 0 Å². The number of ether oxygens (including phenoxy) is 2. The van der Waals surface area contributed by atoms with Crippen molar-refractivity contribution in [3.8, 4) is 5.75 Å². The highest BCUT2D eigenvalue weighted by Crippen LogP contribution is 2.46. The van der Waals surface area contributed by atoms with E-state index in [-0.39, 0.29) is 11.7 Å². The van der Waals surface area contributed by atoms with E-state index in [0.717, 1.165) is 5.57 Å². The number of carbonyl (C=O) groups is 2. The van der Waals surface area contributed by atoms with Crippen molar-refractivity contribution in [3.63, 3.8) is 0 Å². The first-order valence-corrected chi connectivity index (χ1v) is 8.62. The zero-order valence-corrected chi connectivity index (χ0v) is 14.8. The largest absolute Gasteiger partial charge is 0.497 e. The molecule has 1 aromatic rings. The number of ketones is 1. The molecule has 0 amide bonds. The summed E-state index contributed by atoms with van der Waals surface area (Å²) in [6.07, 6.45) is 2.62. The zero-order chi connectivity index (χ0) is 18.2. The predicted molar refractivity (Wildman–Crippen MR) is 92.4 cm³/mol. The number of allylic oxidation sites excluding steroid dienone is 1. The van der Waals surface area contributed by atoms with Crippen molar-refractivity contribution in [2.45, 2.75) is 44.8 Å². The molecule has 4 atom stereocenters. The number of methoxy groups -OCH3 is 1. The molecule has 5 nitrogen and oxygen atoms in total. The fourth-order valence-corrected chi connectivity index (χ4v) is 3.94. The van der Waals surface area contributed by atoms with Crippen LogP contribution in [0.15, 0.2) is 35.9 Å². The maximum absolute atomic E-state index is 12.5. The lowest BCUT2D eigenvalue weighted by molar-refractivity contribution is -0.130. The molecular formula is C20H24O5. The van der Waals surface area contributed by atoms with Gasteiger partial charge in [-0.25, -0.2) is 4.79 Å². The minimum absolute atomic E-state index is 0.0338. The Kier molecular flexibility index (Phi) is 4.69. The summed E-state index contributed by atoms with van der Waals surface area (Å²) in [7, 11) is 1.56. The van der Waals surface area contributed by atoms with Crippen molar-refractivity contribution < 1.29 is 24.2 Å². The highest BCUT2D eigenvalue weighted by Gasteiger charge is 2.56. The number of esters is 1. The van der Waals surface area contributed by atoms with Gasteiger partial charge in [0.2, 0.25) is 0 Å². The highest BCUT2D eigenvalue weighted by molar-refractivity contribution is 5.91. The van der Waals surface area contributed by atoms with Gasteiger partial charge in [0.05, 0.1) is 24.2 Å². The van der Waals surface area contributed by atoms with Crippen LogP contribution in [-0.2, 0) is 9.53 Å². The average molecular weight is 344 g/mol. The summed E-state index contributed by atoms with van der Waals surface area (Å²) in [5.41, 5.74) is 0.296. The number of fused-ring (bicyclic) bond motifs is 1. The molecule has 5 heteroatoms. The van der Waals surface area contributed by atoms with E-state index in [1.807, 2.05) is 19.9 Å². The van der Waals surface area contributed by atoms with Crippen molar-refractivity contribution in [2.75, 3.05) is 7.11 Å². The summed E-state index contributed by atoms with van der Waals surface area (Å²) in [5, 5.41) is 11.1. The molecule has 1 N–H and O–H groups in total. The predicted octanol–water partition coefficient (Wildman–Crippen LogP) is 2.92. The summed E-state index contributed by atoms with van der Waals surface area (Å²) in [4.78, 5) is 25.0. The number of benzene rings is 1. The molecule has 134 valence electrons. The van der Waals surface area contributed by atoms with Crippen molar-refractivity contribution in [3.05, 3.63) is 41.5 Å². The molecule has 1 saturated carbocycles. The standard InChI is InChI=1S/C20H24O5/c1-12-8-9-20(23)13(2)11-16(21)18(20)17(10-12)25-19(22)14-4-6-15(24-3)7-5-14/h4-7,10,13,17-18,23H,8-9,11H2,1-3H3/t13-,17+,18-,20-/m0/s1. The summed E-state index contributed by atoms with van der Waals surface area (Å²) in [6, 6.07) is 6.62. The van der Waals surface area contributed by atoms with Crippen LogP contribution in [0.4, 0.5) is 0 Å². The summed E-state index contributed by atoms with van der Waals surface area (Å²) >= 11 is 0. The first-order chi connectivity index (χ1) is 11.8. The van der Waals surface area contributed by atoms with Crippen LogP contribution in [0.1, 0.15) is 43.5 Å². The minimum atomic E-state index is -1.11. The van der Waals surface area contributed by atoms with Crippen LogP contribution in [-0.4, -0.2) is 35.7 Å². The average Bonchev–Trinajstić information content (AvgIpc) is 2.72. The van der Waals surface area contributed by atoms with Crippen LogP contribution in [0.25, 0.3) is 0 Å². The van der Waals surface area contributed by atoms with Gasteiger partial charge in [-0.05, 0) is 56.0 Å². The molecule has 2 aliphatic carbocycles. The maximum atomic E-state index is 12.5. The number of hydrogen-bond donors (Lipinski definition) is 1. The molecule has 0 unspecified atom stereocenters. The van der Waals surface area contributed by atoms with Gasteiger partial charge in [-0.1, -0.05) is 12.5 Å².